The van der Waals surface area contributed by atoms with Gasteiger partial charge < -0.3 is 4.90 Å². The Morgan fingerprint density at radius 3 is 2.41 bits per heavy atom. The van der Waals surface area contributed by atoms with E-state index in [-0.39, 0.29) is 17.7 Å². The Bertz CT molecular complexity index is 1120. The minimum Gasteiger partial charge on any atom is -0.340 e. The van der Waals surface area contributed by atoms with E-state index in [0.717, 1.165) is 69.0 Å². The Morgan fingerprint density at radius 2 is 1.68 bits per heavy atom. The van der Waals surface area contributed by atoms with E-state index in [9.17, 15) is 9.59 Å². The first-order chi connectivity index (χ1) is 16.7. The van der Waals surface area contributed by atoms with Crippen LogP contribution in [0.5, 0.6) is 0 Å². The third-order valence-electron chi connectivity index (χ3n) is 6.75. The van der Waals surface area contributed by atoms with Crippen molar-refractivity contribution in [1.82, 2.24) is 14.8 Å². The Hall–Kier alpha value is -3.03. The van der Waals surface area contributed by atoms with Gasteiger partial charge in [0.05, 0.1) is 11.6 Å². The van der Waals surface area contributed by atoms with Crippen LogP contribution in [0.15, 0.2) is 60.7 Å². The summed E-state index contributed by atoms with van der Waals surface area (Å²) in [5, 5.41) is 3.51. The molecule has 1 unspecified atom stereocenters. The quantitative estimate of drug-likeness (QED) is 0.582. The van der Waals surface area contributed by atoms with Crippen molar-refractivity contribution in [3.8, 4) is 0 Å². The number of fused-ring (bicyclic) bond motifs is 1. The minimum absolute atomic E-state index is 0.166. The molecule has 2 aromatic carbocycles. The molecule has 6 nitrogen and oxygen atoms in total. The third kappa shape index (κ3) is 5.21. The standard InChI is InChI=1S/C27H30N4O2S/c32-25(21-10-5-2-6-11-21)29-27-28-24-22(12-7-13-23(24)34-27)26(33)31-18-16-30(17-19-31)15-14-20-8-3-1-4-9-20/h1-6,8-11,22H,7,12-19H2,(H,28,29,32). The van der Waals surface area contributed by atoms with Crippen molar-refractivity contribution in [2.45, 2.75) is 31.6 Å². The number of hydrogen-bond acceptors (Lipinski definition) is 5. The fourth-order valence-electron chi connectivity index (χ4n) is 4.82. The molecule has 2 aliphatic rings. The second-order valence-electron chi connectivity index (χ2n) is 8.99. The van der Waals surface area contributed by atoms with Crippen LogP contribution in [0.25, 0.3) is 0 Å². The highest BCUT2D eigenvalue weighted by atomic mass is 32.1. The van der Waals surface area contributed by atoms with Crippen molar-refractivity contribution in [2.75, 3.05) is 38.0 Å². The fourth-order valence-corrected chi connectivity index (χ4v) is 5.88. The van der Waals surface area contributed by atoms with Crippen molar-refractivity contribution in [1.29, 1.82) is 0 Å². The van der Waals surface area contributed by atoms with Gasteiger partial charge in [0.1, 0.15) is 0 Å². The van der Waals surface area contributed by atoms with Gasteiger partial charge in [0.2, 0.25) is 5.91 Å². The molecule has 0 bridgehead atoms. The van der Waals surface area contributed by atoms with E-state index in [0.29, 0.717) is 10.7 Å². The first-order valence-corrected chi connectivity index (χ1v) is 12.9. The molecule has 1 aliphatic heterocycles. The van der Waals surface area contributed by atoms with Crippen LogP contribution in [0, 0.1) is 0 Å². The maximum absolute atomic E-state index is 13.4. The largest absolute Gasteiger partial charge is 0.340 e. The summed E-state index contributed by atoms with van der Waals surface area (Å²) in [6.45, 7) is 4.37. The number of aryl methyl sites for hydroxylation is 1. The van der Waals surface area contributed by atoms with Crippen LogP contribution >= 0.6 is 11.3 Å². The molecule has 7 heteroatoms. The number of carbonyl (C=O) groups excluding carboxylic acids is 2. The van der Waals surface area contributed by atoms with Crippen molar-refractivity contribution >= 4 is 28.3 Å². The summed E-state index contributed by atoms with van der Waals surface area (Å²) in [4.78, 5) is 36.3. The number of rotatable bonds is 6. The molecule has 1 atom stereocenters. The highest BCUT2D eigenvalue weighted by Crippen LogP contribution is 2.38. The van der Waals surface area contributed by atoms with Crippen LogP contribution in [0.3, 0.4) is 0 Å². The normalized spacial score (nSPS) is 18.4. The molecule has 2 amide bonds. The van der Waals surface area contributed by atoms with Gasteiger partial charge in [-0.1, -0.05) is 48.5 Å². The Morgan fingerprint density at radius 1 is 0.971 bits per heavy atom. The summed E-state index contributed by atoms with van der Waals surface area (Å²) >= 11 is 1.51. The van der Waals surface area contributed by atoms with Gasteiger partial charge in [-0.3, -0.25) is 19.8 Å². The van der Waals surface area contributed by atoms with Crippen molar-refractivity contribution in [3.63, 3.8) is 0 Å². The molecule has 1 saturated heterocycles. The molecule has 1 fully saturated rings. The average molecular weight is 475 g/mol. The van der Waals surface area contributed by atoms with Crippen LogP contribution in [0.2, 0.25) is 0 Å². The summed E-state index contributed by atoms with van der Waals surface area (Å²) in [6.07, 6.45) is 3.77. The van der Waals surface area contributed by atoms with Gasteiger partial charge in [0.25, 0.3) is 5.91 Å². The lowest BCUT2D eigenvalue weighted by molar-refractivity contribution is -0.135. The number of nitrogens with zero attached hydrogens (tertiary/aromatic N) is 3. The zero-order valence-electron chi connectivity index (χ0n) is 19.3. The second-order valence-corrected chi connectivity index (χ2v) is 10.1. The Labute approximate surface area is 204 Å². The van der Waals surface area contributed by atoms with E-state index in [1.165, 1.54) is 16.9 Å². The second kappa shape index (κ2) is 10.5. The zero-order chi connectivity index (χ0) is 23.3. The van der Waals surface area contributed by atoms with E-state index >= 15 is 0 Å². The SMILES string of the molecule is O=C(Nc1nc2c(s1)CCCC2C(=O)N1CCN(CCc2ccccc2)CC1)c1ccccc1. The van der Waals surface area contributed by atoms with E-state index in [1.807, 2.05) is 29.2 Å². The molecular weight excluding hydrogens is 444 g/mol. The van der Waals surface area contributed by atoms with E-state index in [1.54, 1.807) is 12.1 Å². The minimum atomic E-state index is -0.196. The first-order valence-electron chi connectivity index (χ1n) is 12.1. The number of anilines is 1. The fraction of sp³-hybridized carbons (Fsp3) is 0.370. The summed E-state index contributed by atoms with van der Waals surface area (Å²) in [5.41, 5.74) is 2.83. The van der Waals surface area contributed by atoms with Gasteiger partial charge in [-0.15, -0.1) is 11.3 Å². The van der Waals surface area contributed by atoms with Crippen LogP contribution in [0.1, 0.15) is 45.3 Å². The van der Waals surface area contributed by atoms with Crippen molar-refractivity contribution in [3.05, 3.63) is 82.4 Å². The highest BCUT2D eigenvalue weighted by molar-refractivity contribution is 7.16. The first kappa shape index (κ1) is 22.7. The lowest BCUT2D eigenvalue weighted by Gasteiger charge is -2.37. The number of aromatic nitrogens is 1. The third-order valence-corrected chi connectivity index (χ3v) is 7.80. The molecule has 34 heavy (non-hydrogen) atoms. The molecule has 1 N–H and O–H groups in total. The number of nitrogens with one attached hydrogen (secondary N) is 1. The molecule has 0 spiro atoms. The Balaban J connectivity index is 1.18. The van der Waals surface area contributed by atoms with Gasteiger partial charge in [0, 0.05) is 43.2 Å². The molecule has 1 aromatic heterocycles. The predicted octanol–water partition coefficient (Wildman–Crippen LogP) is 4.20. The van der Waals surface area contributed by atoms with Crippen LogP contribution in [-0.2, 0) is 17.6 Å². The number of carbonyl (C=O) groups is 2. The van der Waals surface area contributed by atoms with Crippen molar-refractivity contribution in [2.24, 2.45) is 0 Å². The molecule has 1 aliphatic carbocycles. The monoisotopic (exact) mass is 474 g/mol. The van der Waals surface area contributed by atoms with Gasteiger partial charge >= 0.3 is 0 Å². The summed E-state index contributed by atoms with van der Waals surface area (Å²) in [6, 6.07) is 19.7. The Kier molecular flexibility index (Phi) is 7.02. The predicted molar refractivity (Wildman–Crippen MR) is 135 cm³/mol. The molecule has 176 valence electrons. The lowest BCUT2D eigenvalue weighted by Crippen LogP contribution is -2.50. The number of amides is 2. The number of thiazole rings is 1. The van der Waals surface area contributed by atoms with Crippen LogP contribution in [-0.4, -0.2) is 59.3 Å². The van der Waals surface area contributed by atoms with E-state index in [4.69, 9.17) is 4.98 Å². The highest BCUT2D eigenvalue weighted by Gasteiger charge is 2.34. The van der Waals surface area contributed by atoms with E-state index < -0.39 is 0 Å². The number of hydrogen-bond donors (Lipinski definition) is 1. The lowest BCUT2D eigenvalue weighted by atomic mass is 9.89. The van der Waals surface area contributed by atoms with Gasteiger partial charge in [0.15, 0.2) is 5.13 Å². The van der Waals surface area contributed by atoms with E-state index in [2.05, 4.69) is 34.5 Å². The van der Waals surface area contributed by atoms with Crippen LogP contribution in [0.4, 0.5) is 5.13 Å². The molecule has 5 rings (SSSR count). The van der Waals surface area contributed by atoms with Gasteiger partial charge in [-0.2, -0.15) is 0 Å². The van der Waals surface area contributed by atoms with Crippen LogP contribution < -0.4 is 5.32 Å². The number of benzene rings is 2. The van der Waals surface area contributed by atoms with Gasteiger partial charge in [-0.05, 0) is 43.4 Å². The summed E-state index contributed by atoms with van der Waals surface area (Å²) < 4.78 is 0. The molecular formula is C27H30N4O2S. The number of piperazine rings is 1. The molecule has 3 aromatic rings. The molecule has 0 radical (unpaired) electrons. The average Bonchev–Trinajstić information content (AvgIpc) is 3.31. The molecule has 2 heterocycles. The maximum Gasteiger partial charge on any atom is 0.257 e. The van der Waals surface area contributed by atoms with Gasteiger partial charge in [-0.25, -0.2) is 4.98 Å². The summed E-state index contributed by atoms with van der Waals surface area (Å²) in [5.74, 6) is -0.172. The molecule has 0 saturated carbocycles. The summed E-state index contributed by atoms with van der Waals surface area (Å²) in [7, 11) is 0. The smallest absolute Gasteiger partial charge is 0.257 e. The zero-order valence-corrected chi connectivity index (χ0v) is 20.1. The van der Waals surface area contributed by atoms with Crippen molar-refractivity contribution < 1.29 is 9.59 Å². The topological polar surface area (TPSA) is 65.5 Å². The maximum atomic E-state index is 13.4.